The molecule has 1 aliphatic heterocycles. The van der Waals surface area contributed by atoms with Crippen LogP contribution in [0, 0.1) is 0 Å². The Morgan fingerprint density at radius 3 is 2.95 bits per heavy atom. The van der Waals surface area contributed by atoms with Crippen LogP contribution < -0.4 is 9.80 Å². The summed E-state index contributed by atoms with van der Waals surface area (Å²) in [5.74, 6) is 1.05. The van der Waals surface area contributed by atoms with Gasteiger partial charge in [-0.3, -0.25) is 0 Å². The number of thiazole rings is 1. The number of piperazine rings is 1. The van der Waals surface area contributed by atoms with Gasteiger partial charge in [0, 0.05) is 37.4 Å². The van der Waals surface area contributed by atoms with Gasteiger partial charge in [0.15, 0.2) is 5.13 Å². The fraction of sp³-hybridized carbons (Fsp3) is 0.333. The number of aromatic nitrogens is 2. The lowest BCUT2D eigenvalue weighted by Crippen LogP contribution is -2.53. The maximum absolute atomic E-state index is 4.48. The summed E-state index contributed by atoms with van der Waals surface area (Å²) in [6.07, 6.45) is 6.67. The summed E-state index contributed by atoms with van der Waals surface area (Å²) in [6, 6.07) is 6.48. The van der Waals surface area contributed by atoms with E-state index in [2.05, 4.69) is 32.4 Å². The quantitative estimate of drug-likeness (QED) is 0.809. The van der Waals surface area contributed by atoms with Crippen LogP contribution in [0.5, 0.6) is 0 Å². The van der Waals surface area contributed by atoms with Gasteiger partial charge in [-0.15, -0.1) is 17.9 Å². The minimum absolute atomic E-state index is 0.403. The van der Waals surface area contributed by atoms with Crippen molar-refractivity contribution in [3.8, 4) is 0 Å². The minimum Gasteiger partial charge on any atom is -0.350 e. The van der Waals surface area contributed by atoms with Crippen molar-refractivity contribution in [1.82, 2.24) is 9.97 Å². The van der Waals surface area contributed by atoms with Gasteiger partial charge in [-0.1, -0.05) is 12.1 Å². The third kappa shape index (κ3) is 2.67. The lowest BCUT2D eigenvalue weighted by molar-refractivity contribution is 0.519. The Balaban J connectivity index is 1.78. The van der Waals surface area contributed by atoms with Crippen LogP contribution in [0.2, 0.25) is 0 Å². The summed E-state index contributed by atoms with van der Waals surface area (Å²) in [6.45, 7) is 6.81. The summed E-state index contributed by atoms with van der Waals surface area (Å²) in [5.41, 5.74) is 0. The van der Waals surface area contributed by atoms with Crippen molar-refractivity contribution in [1.29, 1.82) is 0 Å². The van der Waals surface area contributed by atoms with Crippen LogP contribution >= 0.6 is 11.3 Å². The molecule has 1 unspecified atom stereocenters. The van der Waals surface area contributed by atoms with Gasteiger partial charge in [0.1, 0.15) is 5.82 Å². The van der Waals surface area contributed by atoms with E-state index in [9.17, 15) is 0 Å². The molecule has 1 atom stereocenters. The number of nitrogens with zero attached hydrogens (tertiary/aromatic N) is 4. The second-order valence-corrected chi connectivity index (χ2v) is 5.69. The molecule has 1 saturated heterocycles. The van der Waals surface area contributed by atoms with Crippen LogP contribution in [0.1, 0.15) is 6.42 Å². The normalized spacial score (nSPS) is 19.1. The molecular weight excluding hydrogens is 268 g/mol. The molecular formula is C15H18N4S. The van der Waals surface area contributed by atoms with Crippen LogP contribution in [0.3, 0.4) is 0 Å². The van der Waals surface area contributed by atoms with Gasteiger partial charge in [0.25, 0.3) is 0 Å². The topological polar surface area (TPSA) is 32.3 Å². The Morgan fingerprint density at radius 2 is 2.25 bits per heavy atom. The highest BCUT2D eigenvalue weighted by Crippen LogP contribution is 2.25. The Bertz CT molecular complexity index is 540. The van der Waals surface area contributed by atoms with Crippen LogP contribution in [0.4, 0.5) is 10.9 Å². The highest BCUT2D eigenvalue weighted by molar-refractivity contribution is 7.13. The fourth-order valence-electron chi connectivity index (χ4n) is 2.62. The third-order valence-corrected chi connectivity index (χ3v) is 4.39. The molecule has 1 aliphatic rings. The van der Waals surface area contributed by atoms with Crippen molar-refractivity contribution in [2.45, 2.75) is 12.5 Å². The van der Waals surface area contributed by atoms with E-state index < -0.39 is 0 Å². The van der Waals surface area contributed by atoms with E-state index in [1.165, 1.54) is 0 Å². The molecule has 3 rings (SSSR count). The molecule has 0 amide bonds. The molecule has 0 aromatic carbocycles. The van der Waals surface area contributed by atoms with Gasteiger partial charge < -0.3 is 9.80 Å². The first-order valence-electron chi connectivity index (χ1n) is 6.81. The van der Waals surface area contributed by atoms with Gasteiger partial charge in [-0.2, -0.15) is 0 Å². The summed E-state index contributed by atoms with van der Waals surface area (Å²) in [4.78, 5) is 13.6. The van der Waals surface area contributed by atoms with Crippen molar-refractivity contribution in [2.24, 2.45) is 0 Å². The van der Waals surface area contributed by atoms with E-state index in [1.807, 2.05) is 36.0 Å². The lowest BCUT2D eigenvalue weighted by Gasteiger charge is -2.41. The molecule has 3 heterocycles. The van der Waals surface area contributed by atoms with Gasteiger partial charge in [-0.25, -0.2) is 9.97 Å². The lowest BCUT2D eigenvalue weighted by atomic mass is 10.1. The first-order chi connectivity index (χ1) is 9.88. The maximum atomic E-state index is 4.48. The molecule has 104 valence electrons. The molecule has 2 aromatic rings. The third-order valence-electron chi connectivity index (χ3n) is 3.55. The van der Waals surface area contributed by atoms with E-state index in [-0.39, 0.29) is 0 Å². The van der Waals surface area contributed by atoms with E-state index in [0.29, 0.717) is 6.04 Å². The molecule has 2 aromatic heterocycles. The molecule has 5 heteroatoms. The molecule has 0 spiro atoms. The smallest absolute Gasteiger partial charge is 0.185 e. The predicted molar refractivity (Wildman–Crippen MR) is 84.5 cm³/mol. The first-order valence-corrected chi connectivity index (χ1v) is 7.69. The van der Waals surface area contributed by atoms with E-state index in [0.717, 1.165) is 37.0 Å². The average molecular weight is 286 g/mol. The van der Waals surface area contributed by atoms with Crippen LogP contribution in [0.15, 0.2) is 48.6 Å². The van der Waals surface area contributed by atoms with Crippen LogP contribution in [-0.2, 0) is 0 Å². The standard InChI is InChI=1S/C15H18N4S/c1-2-5-13-12-18(15-17-8-11-20-15)9-10-19(13)14-6-3-4-7-16-14/h2-4,6-8,11,13H,1,5,9-10,12H2. The number of anilines is 2. The van der Waals surface area contributed by atoms with Gasteiger partial charge in [-0.05, 0) is 18.6 Å². The largest absolute Gasteiger partial charge is 0.350 e. The summed E-state index contributed by atoms with van der Waals surface area (Å²) < 4.78 is 0. The van der Waals surface area contributed by atoms with E-state index in [4.69, 9.17) is 0 Å². The molecule has 0 bridgehead atoms. The molecule has 0 aliphatic carbocycles. The predicted octanol–water partition coefficient (Wildman–Crippen LogP) is 2.81. The molecule has 1 fully saturated rings. The fourth-order valence-corrected chi connectivity index (χ4v) is 3.30. The zero-order valence-corrected chi connectivity index (χ0v) is 12.2. The van der Waals surface area contributed by atoms with Crippen molar-refractivity contribution >= 4 is 22.3 Å². The molecule has 0 N–H and O–H groups in total. The number of hydrogen-bond acceptors (Lipinski definition) is 5. The Morgan fingerprint density at radius 1 is 1.30 bits per heavy atom. The Labute approximate surface area is 123 Å². The van der Waals surface area contributed by atoms with E-state index >= 15 is 0 Å². The zero-order chi connectivity index (χ0) is 13.8. The second kappa shape index (κ2) is 6.05. The highest BCUT2D eigenvalue weighted by Gasteiger charge is 2.27. The summed E-state index contributed by atoms with van der Waals surface area (Å²) in [5, 5.41) is 3.14. The molecule has 0 saturated carbocycles. The Hall–Kier alpha value is -1.88. The highest BCUT2D eigenvalue weighted by atomic mass is 32.1. The van der Waals surface area contributed by atoms with Gasteiger partial charge >= 0.3 is 0 Å². The number of hydrogen-bond donors (Lipinski definition) is 0. The summed E-state index contributed by atoms with van der Waals surface area (Å²) in [7, 11) is 0. The molecule has 0 radical (unpaired) electrons. The first kappa shape index (κ1) is 13.1. The monoisotopic (exact) mass is 286 g/mol. The molecule has 20 heavy (non-hydrogen) atoms. The maximum Gasteiger partial charge on any atom is 0.185 e. The van der Waals surface area contributed by atoms with Crippen LogP contribution in [0.25, 0.3) is 0 Å². The second-order valence-electron chi connectivity index (χ2n) is 4.82. The number of pyridine rings is 1. The molecule has 4 nitrogen and oxygen atoms in total. The van der Waals surface area contributed by atoms with Crippen molar-refractivity contribution in [2.75, 3.05) is 29.4 Å². The van der Waals surface area contributed by atoms with Gasteiger partial charge in [0.2, 0.25) is 0 Å². The van der Waals surface area contributed by atoms with E-state index in [1.54, 1.807) is 11.3 Å². The zero-order valence-electron chi connectivity index (χ0n) is 11.4. The summed E-state index contributed by atoms with van der Waals surface area (Å²) >= 11 is 1.70. The minimum atomic E-state index is 0.403. The van der Waals surface area contributed by atoms with Crippen molar-refractivity contribution < 1.29 is 0 Å². The SMILES string of the molecule is C=CCC1CN(c2nccs2)CCN1c1ccccn1. The van der Waals surface area contributed by atoms with Crippen molar-refractivity contribution in [3.63, 3.8) is 0 Å². The Kier molecular flexibility index (Phi) is 3.97. The average Bonchev–Trinajstić information content (AvgIpc) is 3.03. The number of rotatable bonds is 4. The van der Waals surface area contributed by atoms with Crippen molar-refractivity contribution in [3.05, 3.63) is 48.6 Å². The van der Waals surface area contributed by atoms with Gasteiger partial charge in [0.05, 0.1) is 6.04 Å². The van der Waals surface area contributed by atoms with Crippen LogP contribution in [-0.4, -0.2) is 35.6 Å².